The van der Waals surface area contributed by atoms with Gasteiger partial charge in [-0.15, -0.1) is 0 Å². The molecule has 0 radical (unpaired) electrons. The first kappa shape index (κ1) is 18.7. The van der Waals surface area contributed by atoms with Crippen molar-refractivity contribution in [1.29, 1.82) is 0 Å². The van der Waals surface area contributed by atoms with Gasteiger partial charge in [-0.05, 0) is 55.0 Å². The zero-order valence-corrected chi connectivity index (χ0v) is 15.1. The van der Waals surface area contributed by atoms with Gasteiger partial charge < -0.3 is 5.32 Å². The van der Waals surface area contributed by atoms with Crippen molar-refractivity contribution < 1.29 is 13.2 Å². The first-order valence-electron chi connectivity index (χ1n) is 7.16. The summed E-state index contributed by atoms with van der Waals surface area (Å²) in [6.45, 7) is 1.72. The molecule has 24 heavy (non-hydrogen) atoms. The summed E-state index contributed by atoms with van der Waals surface area (Å²) in [5.41, 5.74) is 0.536. The highest BCUT2D eigenvalue weighted by molar-refractivity contribution is 7.89. The van der Waals surface area contributed by atoms with E-state index >= 15 is 0 Å². The van der Waals surface area contributed by atoms with Crippen molar-refractivity contribution in [2.75, 3.05) is 5.32 Å². The number of amides is 1. The van der Waals surface area contributed by atoms with Crippen molar-refractivity contribution in [3.8, 4) is 0 Å². The molecule has 0 aliphatic rings. The molecule has 0 spiro atoms. The summed E-state index contributed by atoms with van der Waals surface area (Å²) >= 11 is 11.5. The Hall–Kier alpha value is -1.60. The largest absolute Gasteiger partial charge is 0.325 e. The van der Waals surface area contributed by atoms with Crippen LogP contribution in [0.25, 0.3) is 0 Å². The summed E-state index contributed by atoms with van der Waals surface area (Å²) in [7, 11) is -3.82. The molecule has 2 aromatic rings. The third kappa shape index (κ3) is 4.95. The van der Waals surface area contributed by atoms with Crippen molar-refractivity contribution in [2.24, 2.45) is 0 Å². The number of halogens is 2. The summed E-state index contributed by atoms with van der Waals surface area (Å²) in [6, 6.07) is 11.4. The Labute approximate surface area is 151 Å². The number of carbonyl (C=O) groups excluding carboxylic acids is 1. The lowest BCUT2D eigenvalue weighted by molar-refractivity contribution is -0.117. The number of rotatable bonds is 6. The fraction of sp³-hybridized carbons (Fsp3) is 0.188. The van der Waals surface area contributed by atoms with E-state index in [-0.39, 0.29) is 4.90 Å². The number of carbonyl (C=O) groups is 1. The second kappa shape index (κ2) is 7.98. The molecule has 8 heteroatoms. The van der Waals surface area contributed by atoms with Crippen LogP contribution in [0.4, 0.5) is 5.69 Å². The molecule has 1 amide bonds. The van der Waals surface area contributed by atoms with Gasteiger partial charge in [-0.3, -0.25) is 4.79 Å². The van der Waals surface area contributed by atoms with Gasteiger partial charge in [-0.1, -0.05) is 30.1 Å². The van der Waals surface area contributed by atoms with E-state index in [0.717, 1.165) is 0 Å². The smallest absolute Gasteiger partial charge is 0.242 e. The van der Waals surface area contributed by atoms with Crippen LogP contribution in [0.3, 0.4) is 0 Å². The maximum absolute atomic E-state index is 12.4. The molecule has 0 saturated carbocycles. The van der Waals surface area contributed by atoms with Gasteiger partial charge in [0.2, 0.25) is 15.9 Å². The van der Waals surface area contributed by atoms with Crippen molar-refractivity contribution in [2.45, 2.75) is 24.3 Å². The monoisotopic (exact) mass is 386 g/mol. The van der Waals surface area contributed by atoms with Crippen LogP contribution in [0, 0.1) is 0 Å². The number of benzene rings is 2. The Morgan fingerprint density at radius 2 is 1.50 bits per heavy atom. The second-order valence-electron chi connectivity index (χ2n) is 5.03. The predicted molar refractivity (Wildman–Crippen MR) is 95.9 cm³/mol. The van der Waals surface area contributed by atoms with E-state index < -0.39 is 22.0 Å². The maximum Gasteiger partial charge on any atom is 0.242 e. The van der Waals surface area contributed by atoms with Crippen LogP contribution in [0.2, 0.25) is 10.0 Å². The highest BCUT2D eigenvalue weighted by Gasteiger charge is 2.24. The van der Waals surface area contributed by atoms with Crippen molar-refractivity contribution in [1.82, 2.24) is 4.72 Å². The van der Waals surface area contributed by atoms with Gasteiger partial charge in [-0.2, -0.15) is 4.72 Å². The van der Waals surface area contributed by atoms with Crippen LogP contribution in [0.15, 0.2) is 53.4 Å². The Morgan fingerprint density at radius 1 is 1.00 bits per heavy atom. The molecule has 2 aromatic carbocycles. The Balaban J connectivity index is 2.11. The predicted octanol–water partition coefficient (Wildman–Crippen LogP) is 3.69. The second-order valence-corrected chi connectivity index (χ2v) is 7.62. The standard InChI is InChI=1S/C16H16Cl2N2O3S/c1-2-15(16(21)19-13-7-3-11(17)4-8-13)20-24(22,23)14-9-5-12(18)6-10-14/h3-10,15,20H,2H2,1H3,(H,19,21). The minimum Gasteiger partial charge on any atom is -0.325 e. The van der Waals surface area contributed by atoms with E-state index in [0.29, 0.717) is 22.2 Å². The molecule has 0 fully saturated rings. The molecule has 2 N–H and O–H groups in total. The average Bonchev–Trinajstić information content (AvgIpc) is 2.55. The van der Waals surface area contributed by atoms with Gasteiger partial charge in [0.25, 0.3) is 0 Å². The Morgan fingerprint density at radius 3 is 2.00 bits per heavy atom. The SMILES string of the molecule is CCC(NS(=O)(=O)c1ccc(Cl)cc1)C(=O)Nc1ccc(Cl)cc1. The Bertz CT molecular complexity index is 806. The van der Waals surface area contributed by atoms with Crippen LogP contribution in [-0.2, 0) is 14.8 Å². The average molecular weight is 387 g/mol. The lowest BCUT2D eigenvalue weighted by Crippen LogP contribution is -2.43. The molecule has 1 atom stereocenters. The topological polar surface area (TPSA) is 75.3 Å². The number of sulfonamides is 1. The van der Waals surface area contributed by atoms with Crippen molar-refractivity contribution >= 4 is 44.8 Å². The molecular weight excluding hydrogens is 371 g/mol. The Kier molecular flexibility index (Phi) is 6.23. The normalized spacial score (nSPS) is 12.6. The fourth-order valence-corrected chi connectivity index (χ4v) is 3.48. The molecule has 0 aliphatic carbocycles. The first-order valence-corrected chi connectivity index (χ1v) is 9.40. The molecule has 0 aromatic heterocycles. The molecule has 0 bridgehead atoms. The molecule has 0 aliphatic heterocycles. The van der Waals surface area contributed by atoms with Crippen LogP contribution in [0.5, 0.6) is 0 Å². The number of nitrogens with one attached hydrogen (secondary N) is 2. The van der Waals surface area contributed by atoms with Gasteiger partial charge in [0.15, 0.2) is 0 Å². The van der Waals surface area contributed by atoms with E-state index in [4.69, 9.17) is 23.2 Å². The zero-order valence-electron chi connectivity index (χ0n) is 12.8. The molecule has 128 valence electrons. The van der Waals surface area contributed by atoms with E-state index in [1.54, 1.807) is 31.2 Å². The van der Waals surface area contributed by atoms with Gasteiger partial charge in [-0.25, -0.2) is 8.42 Å². The number of anilines is 1. The highest BCUT2D eigenvalue weighted by Crippen LogP contribution is 2.16. The zero-order chi connectivity index (χ0) is 17.7. The van der Waals surface area contributed by atoms with Crippen LogP contribution in [0.1, 0.15) is 13.3 Å². The summed E-state index contributed by atoms with van der Waals surface area (Å²) in [5, 5.41) is 3.63. The van der Waals surface area contributed by atoms with E-state index in [1.165, 1.54) is 24.3 Å². The molecule has 5 nitrogen and oxygen atoms in total. The van der Waals surface area contributed by atoms with E-state index in [2.05, 4.69) is 10.0 Å². The van der Waals surface area contributed by atoms with Crippen molar-refractivity contribution in [3.63, 3.8) is 0 Å². The van der Waals surface area contributed by atoms with Gasteiger partial charge in [0, 0.05) is 15.7 Å². The summed E-state index contributed by atoms with van der Waals surface area (Å²) in [4.78, 5) is 12.3. The van der Waals surface area contributed by atoms with Crippen LogP contribution >= 0.6 is 23.2 Å². The van der Waals surface area contributed by atoms with E-state index in [9.17, 15) is 13.2 Å². The summed E-state index contributed by atoms with van der Waals surface area (Å²) in [5.74, 6) is -0.447. The first-order chi connectivity index (χ1) is 11.3. The third-order valence-corrected chi connectivity index (χ3v) is 5.25. The van der Waals surface area contributed by atoms with Gasteiger partial charge >= 0.3 is 0 Å². The fourth-order valence-electron chi connectivity index (χ4n) is 1.95. The maximum atomic E-state index is 12.4. The van der Waals surface area contributed by atoms with Crippen LogP contribution in [-0.4, -0.2) is 20.4 Å². The highest BCUT2D eigenvalue weighted by atomic mass is 35.5. The van der Waals surface area contributed by atoms with Gasteiger partial charge in [0.05, 0.1) is 4.90 Å². The minimum absolute atomic E-state index is 0.0460. The van der Waals surface area contributed by atoms with Crippen LogP contribution < -0.4 is 10.0 Å². The molecular formula is C16H16Cl2N2O3S. The molecule has 0 saturated heterocycles. The molecule has 1 unspecified atom stereocenters. The summed E-state index contributed by atoms with van der Waals surface area (Å²) in [6.07, 6.45) is 0.298. The summed E-state index contributed by atoms with van der Waals surface area (Å²) < 4.78 is 27.1. The minimum atomic E-state index is -3.82. The quantitative estimate of drug-likeness (QED) is 0.794. The van der Waals surface area contributed by atoms with Crippen molar-refractivity contribution in [3.05, 3.63) is 58.6 Å². The molecule has 0 heterocycles. The lowest BCUT2D eigenvalue weighted by atomic mass is 10.2. The molecule has 2 rings (SSSR count). The number of hydrogen-bond acceptors (Lipinski definition) is 3. The third-order valence-electron chi connectivity index (χ3n) is 3.26. The van der Waals surface area contributed by atoms with Gasteiger partial charge in [0.1, 0.15) is 6.04 Å². The van der Waals surface area contributed by atoms with E-state index in [1.807, 2.05) is 0 Å². The number of hydrogen-bond donors (Lipinski definition) is 2. The lowest BCUT2D eigenvalue weighted by Gasteiger charge is -2.17.